The molecular formula is C20H25ClN2O3S2. The molecule has 0 radical (unpaired) electrons. The van der Waals surface area contributed by atoms with Gasteiger partial charge in [0.1, 0.15) is 0 Å². The highest BCUT2D eigenvalue weighted by Crippen LogP contribution is 2.37. The van der Waals surface area contributed by atoms with E-state index in [0.29, 0.717) is 5.92 Å². The summed E-state index contributed by atoms with van der Waals surface area (Å²) in [6.45, 7) is 3.49. The zero-order chi connectivity index (χ0) is 20.3. The molecule has 0 aliphatic heterocycles. The summed E-state index contributed by atoms with van der Waals surface area (Å²) in [5.74, 6) is 0.0350. The number of halogens is 1. The van der Waals surface area contributed by atoms with Gasteiger partial charge in [-0.05, 0) is 62.3 Å². The standard InChI is InChI=1S/C20H25ClN2O3S2/c1-13(2)23-28(25,26)15-9-10-17(21)16(12-15)20(24)22-19(14-6-3-4-7-14)18-8-5-11-27-18/h5,8-14,19,23H,3-4,6-7H2,1-2H3,(H,22,24). The molecule has 2 aromatic rings. The van der Waals surface area contributed by atoms with Crippen LogP contribution in [0.1, 0.15) is 60.8 Å². The van der Waals surface area contributed by atoms with Crippen molar-refractivity contribution in [1.82, 2.24) is 10.0 Å². The lowest BCUT2D eigenvalue weighted by molar-refractivity contribution is 0.0922. The van der Waals surface area contributed by atoms with Crippen molar-refractivity contribution in [2.45, 2.75) is 56.5 Å². The maximum absolute atomic E-state index is 13.0. The fourth-order valence-electron chi connectivity index (χ4n) is 3.62. The number of hydrogen-bond acceptors (Lipinski definition) is 4. The Balaban J connectivity index is 1.87. The van der Waals surface area contributed by atoms with Gasteiger partial charge < -0.3 is 5.32 Å². The molecule has 1 atom stereocenters. The lowest BCUT2D eigenvalue weighted by atomic mass is 9.96. The van der Waals surface area contributed by atoms with E-state index in [1.54, 1.807) is 25.2 Å². The predicted octanol–water partition coefficient (Wildman–Crippen LogP) is 4.75. The van der Waals surface area contributed by atoms with Gasteiger partial charge >= 0.3 is 0 Å². The van der Waals surface area contributed by atoms with Crippen LogP contribution in [-0.4, -0.2) is 20.4 Å². The van der Waals surface area contributed by atoms with Gasteiger partial charge in [0.15, 0.2) is 0 Å². The van der Waals surface area contributed by atoms with Gasteiger partial charge in [0, 0.05) is 10.9 Å². The van der Waals surface area contributed by atoms with Crippen LogP contribution >= 0.6 is 22.9 Å². The summed E-state index contributed by atoms with van der Waals surface area (Å²) in [5, 5.41) is 5.34. The summed E-state index contributed by atoms with van der Waals surface area (Å²) in [5.41, 5.74) is 0.174. The number of nitrogens with one attached hydrogen (secondary N) is 2. The van der Waals surface area contributed by atoms with Crippen molar-refractivity contribution < 1.29 is 13.2 Å². The molecule has 2 N–H and O–H groups in total. The Hall–Kier alpha value is -1.41. The van der Waals surface area contributed by atoms with E-state index >= 15 is 0 Å². The molecule has 0 saturated heterocycles. The minimum absolute atomic E-state index is 0.0317. The first-order chi connectivity index (χ1) is 13.3. The highest BCUT2D eigenvalue weighted by Gasteiger charge is 2.29. The summed E-state index contributed by atoms with van der Waals surface area (Å²) >= 11 is 7.86. The first-order valence-corrected chi connectivity index (χ1v) is 12.2. The van der Waals surface area contributed by atoms with Crippen molar-refractivity contribution in [2.24, 2.45) is 5.92 Å². The van der Waals surface area contributed by atoms with Gasteiger partial charge in [0.25, 0.3) is 5.91 Å². The first kappa shape index (κ1) is 21.3. The predicted molar refractivity (Wildman–Crippen MR) is 113 cm³/mol. The van der Waals surface area contributed by atoms with Crippen molar-refractivity contribution in [3.8, 4) is 0 Å². The molecule has 1 fully saturated rings. The van der Waals surface area contributed by atoms with E-state index in [2.05, 4.69) is 10.0 Å². The van der Waals surface area contributed by atoms with Crippen LogP contribution in [0.15, 0.2) is 40.6 Å². The van der Waals surface area contributed by atoms with E-state index in [-0.39, 0.29) is 33.5 Å². The van der Waals surface area contributed by atoms with Crippen molar-refractivity contribution in [3.63, 3.8) is 0 Å². The summed E-state index contributed by atoms with van der Waals surface area (Å²) in [6.07, 6.45) is 4.47. The number of amides is 1. The van der Waals surface area contributed by atoms with Crippen LogP contribution in [0.4, 0.5) is 0 Å². The Morgan fingerprint density at radius 3 is 2.54 bits per heavy atom. The molecule has 1 aromatic heterocycles. The number of rotatable bonds is 7. The largest absolute Gasteiger partial charge is 0.344 e. The molecule has 0 bridgehead atoms. The number of thiophene rings is 1. The summed E-state index contributed by atoms with van der Waals surface area (Å²) in [7, 11) is -3.71. The highest BCUT2D eigenvalue weighted by atomic mass is 35.5. The quantitative estimate of drug-likeness (QED) is 0.652. The normalized spacial score (nSPS) is 16.4. The Bertz CT molecular complexity index is 921. The Kier molecular flexibility index (Phi) is 6.81. The molecule has 3 rings (SSSR count). The highest BCUT2D eigenvalue weighted by molar-refractivity contribution is 7.89. The molecule has 152 valence electrons. The SMILES string of the molecule is CC(C)NS(=O)(=O)c1ccc(Cl)c(C(=O)NC(c2cccs2)C2CCCC2)c1. The van der Waals surface area contributed by atoms with Crippen molar-refractivity contribution in [3.05, 3.63) is 51.2 Å². The molecule has 1 unspecified atom stereocenters. The minimum Gasteiger partial charge on any atom is -0.344 e. The van der Waals surface area contributed by atoms with Gasteiger partial charge in [0.2, 0.25) is 10.0 Å². The fourth-order valence-corrected chi connectivity index (χ4v) is 5.97. The summed E-state index contributed by atoms with van der Waals surface area (Å²) in [4.78, 5) is 14.2. The molecule has 1 amide bonds. The van der Waals surface area contributed by atoms with Gasteiger partial charge in [-0.3, -0.25) is 4.79 Å². The van der Waals surface area contributed by atoms with Crippen LogP contribution in [0.3, 0.4) is 0 Å². The third-order valence-corrected chi connectivity index (χ3v) is 7.83. The zero-order valence-corrected chi connectivity index (χ0v) is 18.3. The Morgan fingerprint density at radius 2 is 1.93 bits per heavy atom. The van der Waals surface area contributed by atoms with Crippen LogP contribution in [0.5, 0.6) is 0 Å². The molecule has 5 nitrogen and oxygen atoms in total. The lowest BCUT2D eigenvalue weighted by Crippen LogP contribution is -2.33. The molecular weight excluding hydrogens is 416 g/mol. The third-order valence-electron chi connectivity index (χ3n) is 4.89. The second kappa shape index (κ2) is 8.95. The van der Waals surface area contributed by atoms with Crippen LogP contribution in [-0.2, 0) is 10.0 Å². The van der Waals surface area contributed by atoms with E-state index in [0.717, 1.165) is 30.6 Å². The molecule has 28 heavy (non-hydrogen) atoms. The molecule has 8 heteroatoms. The topological polar surface area (TPSA) is 75.3 Å². The van der Waals surface area contributed by atoms with Gasteiger partial charge in [-0.1, -0.05) is 30.5 Å². The minimum atomic E-state index is -3.71. The fraction of sp³-hybridized carbons (Fsp3) is 0.450. The summed E-state index contributed by atoms with van der Waals surface area (Å²) in [6, 6.07) is 7.90. The third kappa shape index (κ3) is 4.95. The van der Waals surface area contributed by atoms with E-state index < -0.39 is 10.0 Å². The van der Waals surface area contributed by atoms with E-state index in [1.807, 2.05) is 17.5 Å². The number of benzene rings is 1. The van der Waals surface area contributed by atoms with Crippen molar-refractivity contribution >= 4 is 38.9 Å². The Labute approximate surface area is 175 Å². The second-order valence-electron chi connectivity index (χ2n) is 7.43. The zero-order valence-electron chi connectivity index (χ0n) is 15.9. The Morgan fingerprint density at radius 1 is 1.21 bits per heavy atom. The smallest absolute Gasteiger partial charge is 0.253 e. The van der Waals surface area contributed by atoms with Crippen LogP contribution in [0.25, 0.3) is 0 Å². The second-order valence-corrected chi connectivity index (χ2v) is 10.5. The van der Waals surface area contributed by atoms with E-state index in [1.165, 1.54) is 18.2 Å². The molecule has 1 saturated carbocycles. The lowest BCUT2D eigenvalue weighted by Gasteiger charge is -2.24. The molecule has 1 heterocycles. The molecule has 1 aliphatic rings. The first-order valence-electron chi connectivity index (χ1n) is 9.44. The molecule has 1 aliphatic carbocycles. The summed E-state index contributed by atoms with van der Waals surface area (Å²) < 4.78 is 27.5. The van der Waals surface area contributed by atoms with Crippen LogP contribution < -0.4 is 10.0 Å². The number of hydrogen-bond donors (Lipinski definition) is 2. The van der Waals surface area contributed by atoms with E-state index in [4.69, 9.17) is 11.6 Å². The number of sulfonamides is 1. The number of carbonyl (C=O) groups excluding carboxylic acids is 1. The molecule has 1 aromatic carbocycles. The average molecular weight is 441 g/mol. The van der Waals surface area contributed by atoms with Crippen LogP contribution in [0.2, 0.25) is 5.02 Å². The monoisotopic (exact) mass is 440 g/mol. The van der Waals surface area contributed by atoms with Crippen molar-refractivity contribution in [1.29, 1.82) is 0 Å². The van der Waals surface area contributed by atoms with Crippen LogP contribution in [0, 0.1) is 5.92 Å². The van der Waals surface area contributed by atoms with Gasteiger partial charge in [0.05, 0.1) is 21.5 Å². The van der Waals surface area contributed by atoms with Gasteiger partial charge in [-0.2, -0.15) is 0 Å². The number of carbonyl (C=O) groups is 1. The maximum Gasteiger partial charge on any atom is 0.253 e. The molecule has 0 spiro atoms. The van der Waals surface area contributed by atoms with Gasteiger partial charge in [-0.15, -0.1) is 11.3 Å². The maximum atomic E-state index is 13.0. The van der Waals surface area contributed by atoms with E-state index in [9.17, 15) is 13.2 Å². The average Bonchev–Trinajstić information content (AvgIpc) is 3.32. The van der Waals surface area contributed by atoms with Gasteiger partial charge in [-0.25, -0.2) is 13.1 Å². The van der Waals surface area contributed by atoms with Crippen molar-refractivity contribution in [2.75, 3.05) is 0 Å².